The normalized spacial score (nSPS) is 20.1. The minimum atomic E-state index is 0.126. The average molecular weight is 231 g/mol. The molecular weight excluding hydrogens is 208 g/mol. The third-order valence-corrected chi connectivity index (χ3v) is 3.64. The predicted octanol–water partition coefficient (Wildman–Crippen LogP) is 1.44. The van der Waals surface area contributed by atoms with E-state index in [9.17, 15) is 0 Å². The van der Waals surface area contributed by atoms with Crippen LogP contribution in [0, 0.1) is 0 Å². The minimum absolute atomic E-state index is 0.126. The molecule has 1 aromatic carbocycles. The Hall–Kier alpha value is -1.28. The number of hydrogen-bond donors (Lipinski definition) is 1. The molecule has 0 aromatic heterocycles. The van der Waals surface area contributed by atoms with Crippen LogP contribution in [0.4, 0.5) is 5.69 Å². The molecule has 0 unspecified atom stereocenters. The molecule has 92 valence electrons. The van der Waals surface area contributed by atoms with E-state index in [0.717, 1.165) is 6.54 Å². The number of benzene rings is 1. The molecule has 2 heteroatoms. The van der Waals surface area contributed by atoms with Crippen molar-refractivity contribution >= 4 is 5.69 Å². The molecule has 1 aromatic rings. The molecule has 0 aliphatic carbocycles. The van der Waals surface area contributed by atoms with Crippen molar-refractivity contribution < 1.29 is 4.90 Å². The summed E-state index contributed by atoms with van der Waals surface area (Å²) < 4.78 is 0. The van der Waals surface area contributed by atoms with Crippen molar-refractivity contribution in [1.82, 2.24) is 0 Å². The van der Waals surface area contributed by atoms with E-state index in [0.29, 0.717) is 0 Å². The zero-order valence-electron chi connectivity index (χ0n) is 11.5. The van der Waals surface area contributed by atoms with Crippen molar-refractivity contribution in [3.05, 3.63) is 41.6 Å². The fraction of sp³-hybridized carbons (Fsp3) is 0.467. The lowest BCUT2D eigenvalue weighted by atomic mass is 9.84. The number of para-hydroxylation sites is 1. The van der Waals surface area contributed by atoms with E-state index < -0.39 is 0 Å². The highest BCUT2D eigenvalue weighted by atomic mass is 15.2. The summed E-state index contributed by atoms with van der Waals surface area (Å²) in [5.41, 5.74) is 4.32. The van der Waals surface area contributed by atoms with Crippen LogP contribution in [-0.4, -0.2) is 27.7 Å². The first-order valence-electron chi connectivity index (χ1n) is 6.27. The first-order valence-corrected chi connectivity index (χ1v) is 6.27. The molecule has 2 nitrogen and oxygen atoms in total. The van der Waals surface area contributed by atoms with Gasteiger partial charge in [0.05, 0.1) is 20.6 Å². The van der Waals surface area contributed by atoms with Crippen molar-refractivity contribution in [2.45, 2.75) is 19.3 Å². The van der Waals surface area contributed by atoms with Crippen LogP contribution in [0.25, 0.3) is 0 Å². The minimum Gasteiger partial charge on any atom is -0.347 e. The highest BCUT2D eigenvalue weighted by Gasteiger charge is 2.37. The number of rotatable bonds is 2. The van der Waals surface area contributed by atoms with Gasteiger partial charge in [-0.05, 0) is 17.7 Å². The Morgan fingerprint density at radius 3 is 2.47 bits per heavy atom. The molecule has 1 aliphatic heterocycles. The third-order valence-electron chi connectivity index (χ3n) is 3.64. The highest BCUT2D eigenvalue weighted by Crippen LogP contribution is 2.46. The number of nitrogens with zero attached hydrogens (tertiary/aromatic N) is 1. The van der Waals surface area contributed by atoms with Crippen molar-refractivity contribution in [3.8, 4) is 0 Å². The third kappa shape index (κ3) is 1.98. The topological polar surface area (TPSA) is 7.68 Å². The molecule has 0 bridgehead atoms. The maximum atomic E-state index is 2.37. The number of likely N-dealkylation sites (N-methyl/N-ethyl adjacent to an activating group) is 2. The predicted molar refractivity (Wildman–Crippen MR) is 73.6 cm³/mol. The molecule has 0 saturated heterocycles. The van der Waals surface area contributed by atoms with Crippen LogP contribution in [-0.2, 0) is 5.41 Å². The van der Waals surface area contributed by atoms with Gasteiger partial charge >= 0.3 is 0 Å². The summed E-state index contributed by atoms with van der Waals surface area (Å²) in [7, 11) is 6.54. The molecule has 0 amide bonds. The summed E-state index contributed by atoms with van der Waals surface area (Å²) in [6.45, 7) is 5.69. The van der Waals surface area contributed by atoms with E-state index >= 15 is 0 Å². The van der Waals surface area contributed by atoms with Gasteiger partial charge in [-0.3, -0.25) is 0 Å². The molecular formula is C15H23N2+. The first kappa shape index (κ1) is 12.2. The van der Waals surface area contributed by atoms with Gasteiger partial charge in [0, 0.05) is 23.8 Å². The lowest BCUT2D eigenvalue weighted by Crippen LogP contribution is -3.05. The zero-order chi connectivity index (χ0) is 12.6. The van der Waals surface area contributed by atoms with E-state index in [1.54, 1.807) is 0 Å². The van der Waals surface area contributed by atoms with E-state index in [4.69, 9.17) is 0 Å². The smallest absolute Gasteiger partial charge is 0.0974 e. The molecule has 0 fully saturated rings. The fourth-order valence-electron chi connectivity index (χ4n) is 2.67. The average Bonchev–Trinajstić information content (AvgIpc) is 2.46. The number of nitrogens with one attached hydrogen (secondary N) is 1. The molecule has 0 saturated carbocycles. The van der Waals surface area contributed by atoms with Crippen molar-refractivity contribution in [2.24, 2.45) is 0 Å². The number of hydrogen-bond acceptors (Lipinski definition) is 1. The van der Waals surface area contributed by atoms with Gasteiger partial charge in [0.15, 0.2) is 0 Å². The van der Waals surface area contributed by atoms with Gasteiger partial charge in [0.1, 0.15) is 0 Å². The maximum Gasteiger partial charge on any atom is 0.0974 e. The second-order valence-electron chi connectivity index (χ2n) is 5.70. The summed E-state index contributed by atoms with van der Waals surface area (Å²) >= 11 is 0. The van der Waals surface area contributed by atoms with Crippen molar-refractivity contribution in [3.63, 3.8) is 0 Å². The second-order valence-corrected chi connectivity index (χ2v) is 5.70. The Balaban J connectivity index is 2.43. The molecule has 0 radical (unpaired) electrons. The molecule has 0 atom stereocenters. The Morgan fingerprint density at radius 1 is 1.24 bits per heavy atom. The zero-order valence-corrected chi connectivity index (χ0v) is 11.5. The van der Waals surface area contributed by atoms with Crippen LogP contribution in [0.5, 0.6) is 0 Å². The van der Waals surface area contributed by atoms with E-state index in [1.807, 2.05) is 0 Å². The van der Waals surface area contributed by atoms with Gasteiger partial charge in [0.25, 0.3) is 0 Å². The monoisotopic (exact) mass is 231 g/mol. The van der Waals surface area contributed by atoms with E-state index in [1.165, 1.54) is 21.8 Å². The Morgan fingerprint density at radius 2 is 1.88 bits per heavy atom. The van der Waals surface area contributed by atoms with Gasteiger partial charge in [-0.2, -0.15) is 0 Å². The second kappa shape index (κ2) is 4.19. The number of allylic oxidation sites excluding steroid dienone is 1. The van der Waals surface area contributed by atoms with E-state index in [-0.39, 0.29) is 5.41 Å². The lowest BCUT2D eigenvalue weighted by Gasteiger charge is -2.24. The number of anilines is 1. The van der Waals surface area contributed by atoms with Crippen LogP contribution in [0.2, 0.25) is 0 Å². The Kier molecular flexibility index (Phi) is 3.00. The van der Waals surface area contributed by atoms with Crippen LogP contribution in [0.1, 0.15) is 19.4 Å². The van der Waals surface area contributed by atoms with Gasteiger partial charge in [-0.25, -0.2) is 0 Å². The number of quaternary nitrogens is 1. The van der Waals surface area contributed by atoms with Crippen LogP contribution < -0.4 is 9.80 Å². The Bertz CT molecular complexity index is 444. The molecule has 0 spiro atoms. The first-order chi connectivity index (χ1) is 7.94. The molecule has 1 aliphatic rings. The molecule has 2 rings (SSSR count). The maximum absolute atomic E-state index is 2.37. The van der Waals surface area contributed by atoms with Crippen molar-refractivity contribution in [1.29, 1.82) is 0 Å². The van der Waals surface area contributed by atoms with Crippen molar-refractivity contribution in [2.75, 3.05) is 32.6 Å². The standard InChI is InChI=1S/C15H22N2/c1-15(2)12-8-6-7-9-13(12)17(5)14(15)10-11-16(3)4/h6-10H,11H2,1-5H3/p+1/b14-10-. The summed E-state index contributed by atoms with van der Waals surface area (Å²) in [4.78, 5) is 3.79. The summed E-state index contributed by atoms with van der Waals surface area (Å²) in [5, 5.41) is 0. The SMILES string of the molecule is CN1/C(=C\C[NH+](C)C)C(C)(C)c2ccccc21. The van der Waals surface area contributed by atoms with Gasteiger partial charge < -0.3 is 9.80 Å². The summed E-state index contributed by atoms with van der Waals surface area (Å²) in [6.07, 6.45) is 2.37. The van der Waals surface area contributed by atoms with E-state index in [2.05, 4.69) is 70.2 Å². The Labute approximate surface area is 105 Å². The van der Waals surface area contributed by atoms with Crippen LogP contribution in [0.15, 0.2) is 36.0 Å². The van der Waals surface area contributed by atoms with Crippen LogP contribution >= 0.6 is 0 Å². The molecule has 1 heterocycles. The summed E-state index contributed by atoms with van der Waals surface area (Å²) in [6, 6.07) is 8.70. The van der Waals surface area contributed by atoms with Crippen LogP contribution in [0.3, 0.4) is 0 Å². The quantitative estimate of drug-likeness (QED) is 0.809. The number of fused-ring (bicyclic) bond motifs is 1. The van der Waals surface area contributed by atoms with Gasteiger partial charge in [-0.15, -0.1) is 0 Å². The highest BCUT2D eigenvalue weighted by molar-refractivity contribution is 5.69. The largest absolute Gasteiger partial charge is 0.347 e. The lowest BCUT2D eigenvalue weighted by molar-refractivity contribution is -0.851. The summed E-state index contributed by atoms with van der Waals surface area (Å²) in [5.74, 6) is 0. The van der Waals surface area contributed by atoms with Gasteiger partial charge in [0.2, 0.25) is 0 Å². The fourth-order valence-corrected chi connectivity index (χ4v) is 2.67. The molecule has 17 heavy (non-hydrogen) atoms. The molecule has 1 N–H and O–H groups in total. The van der Waals surface area contributed by atoms with Gasteiger partial charge in [-0.1, -0.05) is 32.0 Å².